The van der Waals surface area contributed by atoms with E-state index in [4.69, 9.17) is 16.3 Å². The number of hydrogen-bond donors (Lipinski definition) is 1. The van der Waals surface area contributed by atoms with Crippen LogP contribution in [-0.4, -0.2) is 55.1 Å². The van der Waals surface area contributed by atoms with Gasteiger partial charge in [0, 0.05) is 49.7 Å². The Balaban J connectivity index is 1.55. The molecule has 0 spiro atoms. The molecule has 154 valence electrons. The highest BCUT2D eigenvalue weighted by molar-refractivity contribution is 6.32. The molecule has 0 saturated carbocycles. The van der Waals surface area contributed by atoms with Gasteiger partial charge in [0.25, 0.3) is 5.69 Å². The average molecular weight is 419 g/mol. The number of hydrogen-bond acceptors (Lipinski definition) is 6. The number of halogens is 1. The van der Waals surface area contributed by atoms with Crippen molar-refractivity contribution in [3.8, 4) is 5.75 Å². The van der Waals surface area contributed by atoms with E-state index in [1.54, 1.807) is 30.3 Å². The van der Waals surface area contributed by atoms with E-state index in [9.17, 15) is 14.9 Å². The van der Waals surface area contributed by atoms with E-state index in [0.717, 1.165) is 31.9 Å². The van der Waals surface area contributed by atoms with Crippen LogP contribution in [0.1, 0.15) is 6.92 Å². The number of benzene rings is 2. The van der Waals surface area contributed by atoms with Gasteiger partial charge in [-0.05, 0) is 37.3 Å². The summed E-state index contributed by atoms with van der Waals surface area (Å²) in [7, 11) is 1.54. The summed E-state index contributed by atoms with van der Waals surface area (Å²) >= 11 is 6.11. The van der Waals surface area contributed by atoms with Crippen LogP contribution in [0.4, 0.5) is 17.1 Å². The van der Waals surface area contributed by atoms with E-state index < -0.39 is 4.92 Å². The summed E-state index contributed by atoms with van der Waals surface area (Å²) in [6.45, 7) is 4.79. The number of methoxy groups -OCH3 is 1. The first-order chi connectivity index (χ1) is 13.9. The third kappa shape index (κ3) is 4.96. The lowest BCUT2D eigenvalue weighted by atomic mass is 10.2. The zero-order chi connectivity index (χ0) is 21.0. The fourth-order valence-corrected chi connectivity index (χ4v) is 3.57. The predicted molar refractivity (Wildman–Crippen MR) is 113 cm³/mol. The Kier molecular flexibility index (Phi) is 6.56. The van der Waals surface area contributed by atoms with Crippen LogP contribution in [0.15, 0.2) is 42.5 Å². The molecule has 1 atom stereocenters. The van der Waals surface area contributed by atoms with Gasteiger partial charge in [-0.3, -0.25) is 19.8 Å². The molecule has 1 aliphatic heterocycles. The monoisotopic (exact) mass is 418 g/mol. The molecule has 3 rings (SSSR count). The molecule has 2 aromatic rings. The van der Waals surface area contributed by atoms with Crippen molar-refractivity contribution >= 4 is 34.6 Å². The molecule has 1 aliphatic rings. The highest BCUT2D eigenvalue weighted by Crippen LogP contribution is 2.27. The highest BCUT2D eigenvalue weighted by atomic mass is 35.5. The van der Waals surface area contributed by atoms with Gasteiger partial charge in [-0.2, -0.15) is 0 Å². The van der Waals surface area contributed by atoms with Gasteiger partial charge in [-0.1, -0.05) is 11.6 Å². The van der Waals surface area contributed by atoms with E-state index in [2.05, 4.69) is 15.1 Å². The maximum absolute atomic E-state index is 12.6. The molecule has 1 fully saturated rings. The molecule has 1 N–H and O–H groups in total. The minimum Gasteiger partial charge on any atom is -0.495 e. The highest BCUT2D eigenvalue weighted by Gasteiger charge is 2.26. The molecular weight excluding hydrogens is 396 g/mol. The maximum atomic E-state index is 12.6. The Bertz CT molecular complexity index is 883. The quantitative estimate of drug-likeness (QED) is 0.571. The van der Waals surface area contributed by atoms with Crippen LogP contribution < -0.4 is 15.0 Å². The maximum Gasteiger partial charge on any atom is 0.269 e. The second kappa shape index (κ2) is 9.11. The minimum absolute atomic E-state index is 0.0799. The van der Waals surface area contributed by atoms with Crippen molar-refractivity contribution in [1.29, 1.82) is 0 Å². The molecular formula is C20H23ClN4O4. The Morgan fingerprint density at radius 3 is 2.38 bits per heavy atom. The van der Waals surface area contributed by atoms with Gasteiger partial charge in [0.05, 0.1) is 23.1 Å². The van der Waals surface area contributed by atoms with Crippen LogP contribution in [-0.2, 0) is 4.79 Å². The normalized spacial score (nSPS) is 15.6. The number of carbonyl (C=O) groups excluding carboxylic acids is 1. The topological polar surface area (TPSA) is 88.0 Å². The van der Waals surface area contributed by atoms with Gasteiger partial charge in [-0.15, -0.1) is 0 Å². The number of amides is 1. The van der Waals surface area contributed by atoms with Gasteiger partial charge >= 0.3 is 0 Å². The van der Waals surface area contributed by atoms with Crippen molar-refractivity contribution in [1.82, 2.24) is 4.90 Å². The molecule has 1 saturated heterocycles. The molecule has 1 heterocycles. The molecule has 0 bridgehead atoms. The lowest BCUT2D eigenvalue weighted by molar-refractivity contribution is -0.384. The van der Waals surface area contributed by atoms with Crippen LogP contribution in [0.5, 0.6) is 5.75 Å². The minimum atomic E-state index is -0.405. The Labute approximate surface area is 174 Å². The van der Waals surface area contributed by atoms with Crippen molar-refractivity contribution in [2.24, 2.45) is 0 Å². The Morgan fingerprint density at radius 2 is 1.83 bits per heavy atom. The van der Waals surface area contributed by atoms with Crippen molar-refractivity contribution in [3.63, 3.8) is 0 Å². The molecule has 1 unspecified atom stereocenters. The SMILES string of the molecule is COc1ccc(NC(=O)C(C)N2CCN(c3ccc([N+](=O)[O-])cc3)CC2)cc1Cl. The number of ether oxygens (including phenoxy) is 1. The molecule has 8 nitrogen and oxygen atoms in total. The molecule has 2 aromatic carbocycles. The van der Waals surface area contributed by atoms with E-state index in [-0.39, 0.29) is 17.6 Å². The molecule has 0 aromatic heterocycles. The predicted octanol–water partition coefficient (Wildman–Crippen LogP) is 3.41. The number of non-ortho nitro benzene ring substituents is 1. The first kappa shape index (κ1) is 20.9. The number of piperazine rings is 1. The van der Waals surface area contributed by atoms with E-state index in [1.807, 2.05) is 6.92 Å². The Hall–Kier alpha value is -2.84. The third-order valence-corrected chi connectivity index (χ3v) is 5.38. The number of anilines is 2. The molecule has 9 heteroatoms. The summed E-state index contributed by atoms with van der Waals surface area (Å²) in [6.07, 6.45) is 0. The van der Waals surface area contributed by atoms with Crippen LogP contribution in [0, 0.1) is 10.1 Å². The van der Waals surface area contributed by atoms with Crippen molar-refractivity contribution in [3.05, 3.63) is 57.6 Å². The van der Waals surface area contributed by atoms with E-state index in [1.165, 1.54) is 19.2 Å². The number of rotatable bonds is 6. The molecule has 0 aliphatic carbocycles. The Morgan fingerprint density at radius 1 is 1.17 bits per heavy atom. The van der Waals surface area contributed by atoms with Gasteiger partial charge < -0.3 is 15.0 Å². The fourth-order valence-electron chi connectivity index (χ4n) is 3.31. The number of nitrogens with zero attached hydrogens (tertiary/aromatic N) is 3. The number of nitrogens with one attached hydrogen (secondary N) is 1. The second-order valence-electron chi connectivity index (χ2n) is 6.81. The van der Waals surface area contributed by atoms with Crippen LogP contribution in [0.25, 0.3) is 0 Å². The smallest absolute Gasteiger partial charge is 0.269 e. The fraction of sp³-hybridized carbons (Fsp3) is 0.350. The largest absolute Gasteiger partial charge is 0.495 e. The second-order valence-corrected chi connectivity index (χ2v) is 7.22. The summed E-state index contributed by atoms with van der Waals surface area (Å²) in [6, 6.07) is 11.4. The molecule has 29 heavy (non-hydrogen) atoms. The van der Waals surface area contributed by atoms with Crippen molar-refractivity contribution in [2.75, 3.05) is 43.5 Å². The third-order valence-electron chi connectivity index (χ3n) is 5.09. The summed E-state index contributed by atoms with van der Waals surface area (Å²) in [5.41, 5.74) is 1.65. The molecule has 1 amide bonds. The first-order valence-electron chi connectivity index (χ1n) is 9.27. The first-order valence-corrected chi connectivity index (χ1v) is 9.64. The number of nitro groups is 1. The lowest BCUT2D eigenvalue weighted by Crippen LogP contribution is -2.52. The van der Waals surface area contributed by atoms with Crippen LogP contribution >= 0.6 is 11.6 Å². The average Bonchev–Trinajstić information content (AvgIpc) is 2.73. The van der Waals surface area contributed by atoms with Crippen molar-refractivity contribution < 1.29 is 14.5 Å². The lowest BCUT2D eigenvalue weighted by Gasteiger charge is -2.38. The zero-order valence-corrected chi connectivity index (χ0v) is 17.1. The number of nitro benzene ring substituents is 1. The molecule has 0 radical (unpaired) electrons. The van der Waals surface area contributed by atoms with E-state index in [0.29, 0.717) is 16.5 Å². The van der Waals surface area contributed by atoms with Gasteiger partial charge in [-0.25, -0.2) is 0 Å². The summed E-state index contributed by atoms with van der Waals surface area (Å²) < 4.78 is 5.12. The van der Waals surface area contributed by atoms with Crippen molar-refractivity contribution in [2.45, 2.75) is 13.0 Å². The zero-order valence-electron chi connectivity index (χ0n) is 16.3. The standard InChI is InChI=1S/C20H23ClN4O4/c1-14(20(26)22-15-3-8-19(29-2)18(21)13-15)23-9-11-24(12-10-23)16-4-6-17(7-5-16)25(27)28/h3-8,13-14H,9-12H2,1-2H3,(H,22,26). The summed E-state index contributed by atoms with van der Waals surface area (Å²) in [5, 5.41) is 14.1. The van der Waals surface area contributed by atoms with Crippen LogP contribution in [0.2, 0.25) is 5.02 Å². The van der Waals surface area contributed by atoms with Gasteiger partial charge in [0.2, 0.25) is 5.91 Å². The summed E-state index contributed by atoms with van der Waals surface area (Å²) in [4.78, 5) is 27.3. The summed E-state index contributed by atoms with van der Waals surface area (Å²) in [5.74, 6) is 0.454. The number of carbonyl (C=O) groups is 1. The van der Waals surface area contributed by atoms with Crippen LogP contribution in [0.3, 0.4) is 0 Å². The van der Waals surface area contributed by atoms with Gasteiger partial charge in [0.15, 0.2) is 0 Å². The van der Waals surface area contributed by atoms with E-state index >= 15 is 0 Å². The van der Waals surface area contributed by atoms with Gasteiger partial charge in [0.1, 0.15) is 5.75 Å².